The molecule has 0 bridgehead atoms. The molecule has 0 aliphatic carbocycles. The summed E-state index contributed by atoms with van der Waals surface area (Å²) in [6.07, 6.45) is 1.68. The van der Waals surface area contributed by atoms with Crippen molar-refractivity contribution in [2.45, 2.75) is 11.4 Å². The van der Waals surface area contributed by atoms with Crippen molar-refractivity contribution in [2.24, 2.45) is 0 Å². The van der Waals surface area contributed by atoms with E-state index in [2.05, 4.69) is 20.9 Å². The highest BCUT2D eigenvalue weighted by molar-refractivity contribution is 9.10. The Hall–Kier alpha value is -2.25. The number of rotatable bonds is 6. The second-order valence-corrected chi connectivity index (χ2v) is 7.61. The van der Waals surface area contributed by atoms with E-state index in [9.17, 15) is 13.6 Å². The fourth-order valence-electron chi connectivity index (χ4n) is 2.39. The van der Waals surface area contributed by atoms with Gasteiger partial charge in [0.15, 0.2) is 11.6 Å². The van der Waals surface area contributed by atoms with Crippen LogP contribution in [0.5, 0.6) is 0 Å². The Morgan fingerprint density at radius 3 is 2.48 bits per heavy atom. The van der Waals surface area contributed by atoms with Crippen molar-refractivity contribution in [1.29, 1.82) is 0 Å². The van der Waals surface area contributed by atoms with Gasteiger partial charge in [-0.2, -0.15) is 0 Å². The van der Waals surface area contributed by atoms with Gasteiger partial charge in [-0.3, -0.25) is 9.78 Å². The summed E-state index contributed by atoms with van der Waals surface area (Å²) in [6.45, 7) is 0.319. The van der Waals surface area contributed by atoms with E-state index in [1.54, 1.807) is 11.1 Å². The third kappa shape index (κ3) is 5.37. The zero-order chi connectivity index (χ0) is 19.2. The quantitative estimate of drug-likeness (QED) is 0.470. The Labute approximate surface area is 168 Å². The number of carbonyl (C=O) groups is 1. The van der Waals surface area contributed by atoms with Crippen molar-refractivity contribution >= 4 is 39.3 Å². The maximum Gasteiger partial charge on any atom is 0.237 e. The summed E-state index contributed by atoms with van der Waals surface area (Å²) < 4.78 is 27.3. The predicted octanol–water partition coefficient (Wildman–Crippen LogP) is 5.45. The first-order chi connectivity index (χ1) is 13.0. The van der Waals surface area contributed by atoms with Crippen molar-refractivity contribution in [2.75, 3.05) is 10.7 Å². The van der Waals surface area contributed by atoms with Crippen LogP contribution in [0.25, 0.3) is 0 Å². The van der Waals surface area contributed by atoms with Gasteiger partial charge in [0, 0.05) is 21.3 Å². The third-order valence-corrected chi connectivity index (χ3v) is 5.25. The second-order valence-electron chi connectivity index (χ2n) is 5.64. The van der Waals surface area contributed by atoms with Gasteiger partial charge >= 0.3 is 0 Å². The van der Waals surface area contributed by atoms with Crippen LogP contribution in [-0.4, -0.2) is 16.6 Å². The van der Waals surface area contributed by atoms with Gasteiger partial charge in [0.05, 0.1) is 18.0 Å². The Morgan fingerprint density at radius 2 is 1.81 bits per heavy atom. The standard InChI is InChI=1S/C20H15BrF2N2OS/c21-14-4-6-16(7-5-14)25(12-15-3-1-2-10-24-15)20(26)13-27-17-8-9-18(22)19(23)11-17/h1-11H,12-13H2. The van der Waals surface area contributed by atoms with E-state index in [0.29, 0.717) is 11.4 Å². The number of hydrogen-bond acceptors (Lipinski definition) is 3. The average molecular weight is 449 g/mol. The Morgan fingerprint density at radius 1 is 1.04 bits per heavy atom. The molecule has 3 nitrogen and oxygen atoms in total. The number of halogens is 3. The van der Waals surface area contributed by atoms with Gasteiger partial charge in [-0.1, -0.05) is 22.0 Å². The molecule has 0 spiro atoms. The molecule has 3 aromatic rings. The molecule has 0 atom stereocenters. The Balaban J connectivity index is 1.77. The smallest absolute Gasteiger partial charge is 0.237 e. The third-order valence-electron chi connectivity index (χ3n) is 3.74. The van der Waals surface area contributed by atoms with Gasteiger partial charge in [-0.05, 0) is 54.6 Å². The zero-order valence-corrected chi connectivity index (χ0v) is 16.5. The first-order valence-electron chi connectivity index (χ1n) is 8.06. The van der Waals surface area contributed by atoms with Gasteiger partial charge in [0.25, 0.3) is 0 Å². The lowest BCUT2D eigenvalue weighted by Crippen LogP contribution is -2.32. The van der Waals surface area contributed by atoms with Crippen molar-refractivity contribution in [1.82, 2.24) is 4.98 Å². The summed E-state index contributed by atoms with van der Waals surface area (Å²) in [6, 6.07) is 16.5. The van der Waals surface area contributed by atoms with Crippen LogP contribution in [0.15, 0.2) is 76.2 Å². The minimum absolute atomic E-state index is 0.0912. The van der Waals surface area contributed by atoms with E-state index >= 15 is 0 Å². The molecule has 1 amide bonds. The maximum atomic E-state index is 13.4. The fourth-order valence-corrected chi connectivity index (χ4v) is 3.45. The number of pyridine rings is 1. The lowest BCUT2D eigenvalue weighted by molar-refractivity contribution is -0.116. The molecule has 27 heavy (non-hydrogen) atoms. The van der Waals surface area contributed by atoms with E-state index in [1.807, 2.05) is 42.5 Å². The summed E-state index contributed by atoms with van der Waals surface area (Å²) in [7, 11) is 0. The summed E-state index contributed by atoms with van der Waals surface area (Å²) in [4.78, 5) is 19.3. The molecule has 0 aliphatic heterocycles. The predicted molar refractivity (Wildman–Crippen MR) is 107 cm³/mol. The first kappa shape index (κ1) is 19.5. The Kier molecular flexibility index (Phi) is 6.58. The summed E-state index contributed by atoms with van der Waals surface area (Å²) in [5.41, 5.74) is 1.49. The van der Waals surface area contributed by atoms with Crippen molar-refractivity contribution < 1.29 is 13.6 Å². The normalized spacial score (nSPS) is 10.6. The van der Waals surface area contributed by atoms with Gasteiger partial charge in [-0.25, -0.2) is 8.78 Å². The van der Waals surface area contributed by atoms with Crippen LogP contribution < -0.4 is 4.90 Å². The molecule has 0 unspecified atom stereocenters. The molecular formula is C20H15BrF2N2OS. The zero-order valence-electron chi connectivity index (χ0n) is 14.1. The molecule has 1 heterocycles. The van der Waals surface area contributed by atoms with E-state index in [1.165, 1.54) is 6.07 Å². The SMILES string of the molecule is O=C(CSc1ccc(F)c(F)c1)N(Cc1ccccn1)c1ccc(Br)cc1. The minimum Gasteiger partial charge on any atom is -0.306 e. The number of aromatic nitrogens is 1. The summed E-state index contributed by atoms with van der Waals surface area (Å²) in [5.74, 6) is -1.89. The lowest BCUT2D eigenvalue weighted by atomic mass is 10.2. The molecule has 0 saturated carbocycles. The topological polar surface area (TPSA) is 33.2 Å². The number of hydrogen-bond donors (Lipinski definition) is 0. The number of carbonyl (C=O) groups excluding carboxylic acids is 1. The van der Waals surface area contributed by atoms with Crippen LogP contribution in [0, 0.1) is 11.6 Å². The summed E-state index contributed by atoms with van der Waals surface area (Å²) >= 11 is 4.55. The van der Waals surface area contributed by atoms with Gasteiger partial charge in [-0.15, -0.1) is 11.8 Å². The number of benzene rings is 2. The lowest BCUT2D eigenvalue weighted by Gasteiger charge is -2.22. The molecule has 0 N–H and O–H groups in total. The second kappa shape index (κ2) is 9.10. The van der Waals surface area contributed by atoms with E-state index in [0.717, 1.165) is 39.7 Å². The van der Waals surface area contributed by atoms with Crippen LogP contribution in [0.2, 0.25) is 0 Å². The highest BCUT2D eigenvalue weighted by atomic mass is 79.9. The van der Waals surface area contributed by atoms with Crippen LogP contribution in [0.1, 0.15) is 5.69 Å². The van der Waals surface area contributed by atoms with Crippen LogP contribution >= 0.6 is 27.7 Å². The highest BCUT2D eigenvalue weighted by Gasteiger charge is 2.17. The molecule has 0 aliphatic rings. The van der Waals surface area contributed by atoms with Gasteiger partial charge in [0.2, 0.25) is 5.91 Å². The molecule has 3 rings (SSSR count). The largest absolute Gasteiger partial charge is 0.306 e. The van der Waals surface area contributed by atoms with E-state index in [4.69, 9.17) is 0 Å². The first-order valence-corrected chi connectivity index (χ1v) is 9.84. The average Bonchev–Trinajstić information content (AvgIpc) is 2.68. The molecule has 2 aromatic carbocycles. The van der Waals surface area contributed by atoms with Crippen LogP contribution in [0.4, 0.5) is 14.5 Å². The van der Waals surface area contributed by atoms with Gasteiger partial charge < -0.3 is 4.90 Å². The van der Waals surface area contributed by atoms with Crippen LogP contribution in [-0.2, 0) is 11.3 Å². The van der Waals surface area contributed by atoms with Crippen LogP contribution in [0.3, 0.4) is 0 Å². The maximum absolute atomic E-state index is 13.4. The van der Waals surface area contributed by atoms with Crippen molar-refractivity contribution in [3.8, 4) is 0 Å². The molecule has 1 aromatic heterocycles. The molecule has 0 fully saturated rings. The summed E-state index contributed by atoms with van der Waals surface area (Å²) in [5, 5.41) is 0. The number of amides is 1. The minimum atomic E-state index is -0.925. The molecule has 0 radical (unpaired) electrons. The van der Waals surface area contributed by atoms with E-state index in [-0.39, 0.29) is 11.7 Å². The van der Waals surface area contributed by atoms with Crippen molar-refractivity contribution in [3.63, 3.8) is 0 Å². The van der Waals surface area contributed by atoms with E-state index < -0.39 is 11.6 Å². The molecule has 7 heteroatoms. The highest BCUT2D eigenvalue weighted by Crippen LogP contribution is 2.24. The fraction of sp³-hybridized carbons (Fsp3) is 0.100. The Bertz CT molecular complexity index is 923. The molecule has 138 valence electrons. The number of nitrogens with zero attached hydrogens (tertiary/aromatic N) is 2. The van der Waals surface area contributed by atoms with Gasteiger partial charge in [0.1, 0.15) is 0 Å². The molecular weight excluding hydrogens is 434 g/mol. The number of anilines is 1. The number of thioether (sulfide) groups is 1. The monoisotopic (exact) mass is 448 g/mol. The van der Waals surface area contributed by atoms with Crippen molar-refractivity contribution in [3.05, 3.63) is 88.7 Å². The molecule has 0 saturated heterocycles.